The molecule has 1 amide bonds. The molecule has 5 nitrogen and oxygen atoms in total. The van der Waals surface area contributed by atoms with Crippen LogP contribution in [-0.4, -0.2) is 17.1 Å². The lowest BCUT2D eigenvalue weighted by atomic mass is 10.1. The number of benzene rings is 2. The van der Waals surface area contributed by atoms with Crippen molar-refractivity contribution in [1.29, 1.82) is 0 Å². The van der Waals surface area contributed by atoms with Crippen molar-refractivity contribution in [3.63, 3.8) is 0 Å². The molecule has 126 valence electrons. The molecule has 0 fully saturated rings. The fourth-order valence-corrected chi connectivity index (χ4v) is 2.80. The highest BCUT2D eigenvalue weighted by atomic mass is 32.1. The van der Waals surface area contributed by atoms with E-state index in [9.17, 15) is 4.79 Å². The summed E-state index contributed by atoms with van der Waals surface area (Å²) >= 11 is 1.49. The topological polar surface area (TPSA) is 66.4 Å². The van der Waals surface area contributed by atoms with E-state index in [0.717, 1.165) is 27.6 Å². The summed E-state index contributed by atoms with van der Waals surface area (Å²) in [6, 6.07) is 17.5. The zero-order valence-corrected chi connectivity index (χ0v) is 14.6. The zero-order valence-electron chi connectivity index (χ0n) is 13.8. The molecule has 1 aromatic heterocycles. The molecule has 0 unspecified atom stereocenters. The summed E-state index contributed by atoms with van der Waals surface area (Å²) in [4.78, 5) is 15.9. The van der Waals surface area contributed by atoms with Crippen LogP contribution in [0.3, 0.4) is 0 Å². The monoisotopic (exact) mass is 350 g/mol. The van der Waals surface area contributed by atoms with E-state index in [1.807, 2.05) is 66.9 Å². The van der Waals surface area contributed by atoms with E-state index in [2.05, 4.69) is 20.8 Å². The number of hydrazone groups is 1. The van der Waals surface area contributed by atoms with E-state index in [4.69, 9.17) is 0 Å². The van der Waals surface area contributed by atoms with Crippen molar-refractivity contribution in [2.45, 2.75) is 13.3 Å². The number of hydrogen-bond acceptors (Lipinski definition) is 5. The summed E-state index contributed by atoms with van der Waals surface area (Å²) in [5.41, 5.74) is 6.62. The molecule has 0 aliphatic carbocycles. The van der Waals surface area contributed by atoms with E-state index >= 15 is 0 Å². The standard InChI is InChI=1S/C19H18N4OS/c1-2-18(24)21-16-10-8-15(9-11-16)17-13-25-19(22-17)23-20-12-14-6-4-3-5-7-14/h3-13H,2H2,1H3,(H,21,24)(H,22,23)/b20-12+. The number of aromatic nitrogens is 1. The largest absolute Gasteiger partial charge is 0.326 e. The number of rotatable bonds is 6. The van der Waals surface area contributed by atoms with Crippen LogP contribution in [0.1, 0.15) is 18.9 Å². The van der Waals surface area contributed by atoms with Gasteiger partial charge in [-0.25, -0.2) is 4.98 Å². The number of carbonyl (C=O) groups is 1. The van der Waals surface area contributed by atoms with Gasteiger partial charge in [-0.2, -0.15) is 5.10 Å². The van der Waals surface area contributed by atoms with Crippen molar-refractivity contribution in [2.75, 3.05) is 10.7 Å². The Kier molecular flexibility index (Phi) is 5.53. The van der Waals surface area contributed by atoms with Crippen LogP contribution in [0, 0.1) is 0 Å². The molecule has 0 bridgehead atoms. The normalized spacial score (nSPS) is 10.8. The molecule has 2 aromatic carbocycles. The molecular weight excluding hydrogens is 332 g/mol. The highest BCUT2D eigenvalue weighted by molar-refractivity contribution is 7.14. The van der Waals surface area contributed by atoms with Gasteiger partial charge in [0, 0.05) is 23.1 Å². The molecule has 0 spiro atoms. The van der Waals surface area contributed by atoms with Gasteiger partial charge in [0.25, 0.3) is 0 Å². The number of thiazole rings is 1. The Morgan fingerprint density at radius 2 is 1.92 bits per heavy atom. The number of nitrogens with one attached hydrogen (secondary N) is 2. The first-order valence-corrected chi connectivity index (χ1v) is 8.82. The minimum absolute atomic E-state index is 0.00386. The van der Waals surface area contributed by atoms with Gasteiger partial charge in [-0.1, -0.05) is 49.4 Å². The average Bonchev–Trinajstić information content (AvgIpc) is 3.12. The van der Waals surface area contributed by atoms with Crippen LogP contribution in [0.25, 0.3) is 11.3 Å². The maximum Gasteiger partial charge on any atom is 0.224 e. The molecule has 0 saturated carbocycles. The first kappa shape index (κ1) is 16.9. The summed E-state index contributed by atoms with van der Waals surface area (Å²) in [7, 11) is 0. The fraction of sp³-hybridized carbons (Fsp3) is 0.105. The van der Waals surface area contributed by atoms with Crippen LogP contribution in [0.15, 0.2) is 65.1 Å². The molecule has 0 radical (unpaired) electrons. The number of nitrogens with zero attached hydrogens (tertiary/aromatic N) is 2. The van der Waals surface area contributed by atoms with Crippen LogP contribution in [0.4, 0.5) is 10.8 Å². The highest BCUT2D eigenvalue weighted by Gasteiger charge is 2.05. The van der Waals surface area contributed by atoms with E-state index < -0.39 is 0 Å². The summed E-state index contributed by atoms with van der Waals surface area (Å²) in [6.07, 6.45) is 2.22. The summed E-state index contributed by atoms with van der Waals surface area (Å²) in [5, 5.41) is 9.73. The maximum absolute atomic E-state index is 11.4. The van der Waals surface area contributed by atoms with Gasteiger partial charge in [-0.3, -0.25) is 10.2 Å². The first-order chi connectivity index (χ1) is 12.2. The van der Waals surface area contributed by atoms with Gasteiger partial charge in [-0.15, -0.1) is 11.3 Å². The number of anilines is 2. The minimum atomic E-state index is 0.00386. The van der Waals surface area contributed by atoms with Crippen molar-refractivity contribution in [3.8, 4) is 11.3 Å². The number of carbonyl (C=O) groups excluding carboxylic acids is 1. The van der Waals surface area contributed by atoms with Gasteiger partial charge in [-0.05, 0) is 17.7 Å². The summed E-state index contributed by atoms with van der Waals surface area (Å²) < 4.78 is 0. The molecule has 25 heavy (non-hydrogen) atoms. The lowest BCUT2D eigenvalue weighted by Crippen LogP contribution is -2.08. The van der Waals surface area contributed by atoms with Crippen molar-refractivity contribution in [3.05, 3.63) is 65.5 Å². The van der Waals surface area contributed by atoms with Crippen LogP contribution < -0.4 is 10.7 Å². The maximum atomic E-state index is 11.4. The molecule has 0 saturated heterocycles. The second-order valence-electron chi connectivity index (χ2n) is 5.30. The lowest BCUT2D eigenvalue weighted by molar-refractivity contribution is -0.115. The van der Waals surface area contributed by atoms with E-state index in [1.165, 1.54) is 11.3 Å². The van der Waals surface area contributed by atoms with Crippen molar-refractivity contribution < 1.29 is 4.79 Å². The van der Waals surface area contributed by atoms with E-state index in [0.29, 0.717) is 6.42 Å². The molecule has 0 aliphatic heterocycles. The molecule has 0 aliphatic rings. The second kappa shape index (κ2) is 8.21. The Hall–Kier alpha value is -2.99. The Bertz CT molecular complexity index is 857. The second-order valence-corrected chi connectivity index (χ2v) is 6.16. The van der Waals surface area contributed by atoms with Crippen LogP contribution >= 0.6 is 11.3 Å². The molecule has 3 rings (SSSR count). The molecule has 2 N–H and O–H groups in total. The van der Waals surface area contributed by atoms with Crippen LogP contribution in [0.5, 0.6) is 0 Å². The molecule has 0 atom stereocenters. The van der Waals surface area contributed by atoms with Gasteiger partial charge in [0.2, 0.25) is 11.0 Å². The number of amides is 1. The Morgan fingerprint density at radius 3 is 2.64 bits per heavy atom. The van der Waals surface area contributed by atoms with E-state index in [-0.39, 0.29) is 5.91 Å². The summed E-state index contributed by atoms with van der Waals surface area (Å²) in [5.74, 6) is 0.00386. The average molecular weight is 350 g/mol. The molecule has 1 heterocycles. The first-order valence-electron chi connectivity index (χ1n) is 7.94. The third-order valence-electron chi connectivity index (χ3n) is 3.46. The van der Waals surface area contributed by atoms with Crippen LogP contribution in [-0.2, 0) is 4.79 Å². The minimum Gasteiger partial charge on any atom is -0.326 e. The third-order valence-corrected chi connectivity index (χ3v) is 4.21. The SMILES string of the molecule is CCC(=O)Nc1ccc(-c2csc(N/N=C/c3ccccc3)n2)cc1. The Balaban J connectivity index is 1.63. The predicted octanol–water partition coefficient (Wildman–Crippen LogP) is 4.60. The van der Waals surface area contributed by atoms with Crippen molar-refractivity contribution in [1.82, 2.24) is 4.98 Å². The van der Waals surface area contributed by atoms with Gasteiger partial charge in [0.15, 0.2) is 0 Å². The predicted molar refractivity (Wildman–Crippen MR) is 104 cm³/mol. The van der Waals surface area contributed by atoms with Gasteiger partial charge in [0.1, 0.15) is 0 Å². The quantitative estimate of drug-likeness (QED) is 0.504. The van der Waals surface area contributed by atoms with Crippen LogP contribution in [0.2, 0.25) is 0 Å². The molecule has 3 aromatic rings. The Labute approximate surface area is 150 Å². The van der Waals surface area contributed by atoms with E-state index in [1.54, 1.807) is 6.21 Å². The summed E-state index contributed by atoms with van der Waals surface area (Å²) in [6.45, 7) is 1.83. The zero-order chi connectivity index (χ0) is 17.5. The highest BCUT2D eigenvalue weighted by Crippen LogP contribution is 2.26. The molecule has 6 heteroatoms. The number of hydrogen-bond donors (Lipinski definition) is 2. The lowest BCUT2D eigenvalue weighted by Gasteiger charge is -2.04. The third kappa shape index (κ3) is 4.74. The fourth-order valence-electron chi connectivity index (χ4n) is 2.13. The molecular formula is C19H18N4OS. The Morgan fingerprint density at radius 1 is 1.16 bits per heavy atom. The van der Waals surface area contributed by atoms with Crippen molar-refractivity contribution >= 4 is 34.3 Å². The van der Waals surface area contributed by atoms with Crippen molar-refractivity contribution in [2.24, 2.45) is 5.10 Å². The van der Waals surface area contributed by atoms with Gasteiger partial charge in [0.05, 0.1) is 11.9 Å². The van der Waals surface area contributed by atoms with Gasteiger partial charge >= 0.3 is 0 Å². The smallest absolute Gasteiger partial charge is 0.224 e. The van der Waals surface area contributed by atoms with Gasteiger partial charge < -0.3 is 5.32 Å².